The number of benzene rings is 2. The SMILES string of the molecule is O=C(CC=Cc1ccccc1)COC(=O)c1ccccc1. The first-order valence-corrected chi connectivity index (χ1v) is 6.71. The van der Waals surface area contributed by atoms with Crippen molar-refractivity contribution in [2.75, 3.05) is 6.61 Å². The van der Waals surface area contributed by atoms with Gasteiger partial charge in [-0.25, -0.2) is 4.79 Å². The van der Waals surface area contributed by atoms with Crippen LogP contribution in [0.2, 0.25) is 0 Å². The zero-order valence-corrected chi connectivity index (χ0v) is 11.6. The first-order chi connectivity index (χ1) is 10.3. The van der Waals surface area contributed by atoms with Gasteiger partial charge in [0, 0.05) is 6.42 Å². The lowest BCUT2D eigenvalue weighted by Crippen LogP contribution is -2.13. The van der Waals surface area contributed by atoms with Crippen LogP contribution in [0.3, 0.4) is 0 Å². The highest BCUT2D eigenvalue weighted by Crippen LogP contribution is 2.03. The van der Waals surface area contributed by atoms with E-state index in [2.05, 4.69) is 0 Å². The van der Waals surface area contributed by atoms with Gasteiger partial charge < -0.3 is 4.74 Å². The summed E-state index contributed by atoms with van der Waals surface area (Å²) >= 11 is 0. The highest BCUT2D eigenvalue weighted by Gasteiger charge is 2.08. The van der Waals surface area contributed by atoms with Gasteiger partial charge in [0.05, 0.1) is 5.56 Å². The van der Waals surface area contributed by atoms with Gasteiger partial charge in [0.2, 0.25) is 0 Å². The Hall–Kier alpha value is -2.68. The Labute approximate surface area is 123 Å². The summed E-state index contributed by atoms with van der Waals surface area (Å²) in [4.78, 5) is 23.3. The minimum atomic E-state index is -0.476. The van der Waals surface area contributed by atoms with E-state index in [0.29, 0.717) is 5.56 Å². The average Bonchev–Trinajstić information content (AvgIpc) is 2.54. The number of hydrogen-bond acceptors (Lipinski definition) is 3. The van der Waals surface area contributed by atoms with E-state index in [1.165, 1.54) is 0 Å². The standard InChI is InChI=1S/C18H16O3/c19-17(13-7-10-15-8-3-1-4-9-15)14-21-18(20)16-11-5-2-6-12-16/h1-12H,13-14H2. The second-order valence-corrected chi connectivity index (χ2v) is 4.50. The summed E-state index contributed by atoms with van der Waals surface area (Å²) in [5.41, 5.74) is 1.48. The number of rotatable bonds is 6. The molecule has 106 valence electrons. The van der Waals surface area contributed by atoms with Crippen LogP contribution in [0.15, 0.2) is 66.7 Å². The van der Waals surface area contributed by atoms with Crippen LogP contribution in [-0.2, 0) is 9.53 Å². The summed E-state index contributed by atoms with van der Waals surface area (Å²) < 4.78 is 4.97. The predicted octanol–water partition coefficient (Wildman–Crippen LogP) is 3.52. The van der Waals surface area contributed by atoms with Gasteiger partial charge in [-0.2, -0.15) is 0 Å². The average molecular weight is 280 g/mol. The van der Waals surface area contributed by atoms with Crippen LogP contribution >= 0.6 is 0 Å². The number of Topliss-reactive ketones (excluding diaryl/α,β-unsaturated/α-hetero) is 1. The molecule has 0 saturated heterocycles. The molecule has 21 heavy (non-hydrogen) atoms. The summed E-state index contributed by atoms with van der Waals surface area (Å²) in [5, 5.41) is 0. The Bertz CT molecular complexity index is 615. The van der Waals surface area contributed by atoms with E-state index in [1.807, 2.05) is 42.5 Å². The van der Waals surface area contributed by atoms with Gasteiger partial charge in [-0.1, -0.05) is 60.7 Å². The summed E-state index contributed by atoms with van der Waals surface area (Å²) in [6.07, 6.45) is 3.89. The summed E-state index contributed by atoms with van der Waals surface area (Å²) in [5.74, 6) is -0.609. The lowest BCUT2D eigenvalue weighted by molar-refractivity contribution is -0.121. The topological polar surface area (TPSA) is 43.4 Å². The molecule has 3 nitrogen and oxygen atoms in total. The van der Waals surface area contributed by atoms with Gasteiger partial charge in [-0.15, -0.1) is 0 Å². The molecule has 0 amide bonds. The van der Waals surface area contributed by atoms with Crippen LogP contribution in [0.5, 0.6) is 0 Å². The van der Waals surface area contributed by atoms with E-state index in [9.17, 15) is 9.59 Å². The molecule has 0 spiro atoms. The first-order valence-electron chi connectivity index (χ1n) is 6.71. The number of carbonyl (C=O) groups is 2. The Morgan fingerprint density at radius 2 is 1.52 bits per heavy atom. The van der Waals surface area contributed by atoms with Crippen molar-refractivity contribution in [2.45, 2.75) is 6.42 Å². The van der Waals surface area contributed by atoms with Crippen LogP contribution in [-0.4, -0.2) is 18.4 Å². The largest absolute Gasteiger partial charge is 0.454 e. The normalized spacial score (nSPS) is 10.5. The minimum Gasteiger partial charge on any atom is -0.454 e. The number of ketones is 1. The quantitative estimate of drug-likeness (QED) is 0.760. The van der Waals surface area contributed by atoms with Crippen LogP contribution < -0.4 is 0 Å². The van der Waals surface area contributed by atoms with Crippen LogP contribution in [0, 0.1) is 0 Å². The van der Waals surface area contributed by atoms with Gasteiger partial charge in [0.15, 0.2) is 12.4 Å². The summed E-state index contributed by atoms with van der Waals surface area (Å²) in [7, 11) is 0. The predicted molar refractivity (Wildman–Crippen MR) is 81.8 cm³/mol. The second-order valence-electron chi connectivity index (χ2n) is 4.50. The third-order valence-corrected chi connectivity index (χ3v) is 2.83. The Morgan fingerprint density at radius 3 is 2.19 bits per heavy atom. The second kappa shape index (κ2) is 7.80. The molecule has 0 aromatic heterocycles. The molecule has 2 rings (SSSR count). The number of ether oxygens (including phenoxy) is 1. The third kappa shape index (κ3) is 5.07. The number of allylic oxidation sites excluding steroid dienone is 1. The van der Waals surface area contributed by atoms with Gasteiger partial charge in [-0.3, -0.25) is 4.79 Å². The molecule has 0 unspecified atom stereocenters. The number of carbonyl (C=O) groups excluding carboxylic acids is 2. The Morgan fingerprint density at radius 1 is 0.905 bits per heavy atom. The highest BCUT2D eigenvalue weighted by atomic mass is 16.5. The fourth-order valence-corrected chi connectivity index (χ4v) is 1.75. The van der Waals surface area contributed by atoms with E-state index < -0.39 is 5.97 Å². The lowest BCUT2D eigenvalue weighted by Gasteiger charge is -2.02. The van der Waals surface area contributed by atoms with Gasteiger partial charge >= 0.3 is 5.97 Å². The van der Waals surface area contributed by atoms with Crippen molar-refractivity contribution >= 4 is 17.8 Å². The molecule has 0 saturated carbocycles. The molecule has 0 radical (unpaired) electrons. The van der Waals surface area contributed by atoms with Crippen molar-refractivity contribution in [1.82, 2.24) is 0 Å². The molecule has 0 aliphatic carbocycles. The maximum absolute atomic E-state index is 11.7. The number of hydrogen-bond donors (Lipinski definition) is 0. The molecular weight excluding hydrogens is 264 g/mol. The van der Waals surface area contributed by atoms with E-state index in [4.69, 9.17) is 4.74 Å². The molecule has 2 aromatic rings. The molecule has 0 atom stereocenters. The monoisotopic (exact) mass is 280 g/mol. The van der Waals surface area contributed by atoms with Gasteiger partial charge in [0.1, 0.15) is 0 Å². The van der Waals surface area contributed by atoms with Crippen LogP contribution in [0.1, 0.15) is 22.3 Å². The minimum absolute atomic E-state index is 0.133. The molecule has 0 fully saturated rings. The van der Waals surface area contributed by atoms with Crippen molar-refractivity contribution in [3.8, 4) is 0 Å². The van der Waals surface area contributed by atoms with Crippen LogP contribution in [0.25, 0.3) is 6.08 Å². The fraction of sp³-hybridized carbons (Fsp3) is 0.111. The maximum atomic E-state index is 11.7. The Kier molecular flexibility index (Phi) is 5.47. The highest BCUT2D eigenvalue weighted by molar-refractivity contribution is 5.91. The molecule has 0 aliphatic heterocycles. The van der Waals surface area contributed by atoms with Crippen molar-refractivity contribution in [3.63, 3.8) is 0 Å². The molecule has 0 N–H and O–H groups in total. The maximum Gasteiger partial charge on any atom is 0.338 e. The Balaban J connectivity index is 1.75. The molecule has 0 heterocycles. The molecule has 2 aromatic carbocycles. The third-order valence-electron chi connectivity index (χ3n) is 2.83. The first kappa shape index (κ1) is 14.7. The summed E-state index contributed by atoms with van der Waals surface area (Å²) in [6.45, 7) is -0.202. The molecular formula is C18H16O3. The van der Waals surface area contributed by atoms with E-state index in [0.717, 1.165) is 5.56 Å². The van der Waals surface area contributed by atoms with E-state index in [-0.39, 0.29) is 18.8 Å². The van der Waals surface area contributed by atoms with Gasteiger partial charge in [0.25, 0.3) is 0 Å². The van der Waals surface area contributed by atoms with Crippen molar-refractivity contribution in [2.24, 2.45) is 0 Å². The smallest absolute Gasteiger partial charge is 0.338 e. The van der Waals surface area contributed by atoms with Crippen molar-refractivity contribution in [1.29, 1.82) is 0 Å². The summed E-state index contributed by atoms with van der Waals surface area (Å²) in [6, 6.07) is 18.3. The van der Waals surface area contributed by atoms with Crippen LogP contribution in [0.4, 0.5) is 0 Å². The molecule has 0 aliphatic rings. The molecule has 3 heteroatoms. The molecule has 0 bridgehead atoms. The zero-order valence-electron chi connectivity index (χ0n) is 11.6. The van der Waals surface area contributed by atoms with Crippen molar-refractivity contribution < 1.29 is 14.3 Å². The van der Waals surface area contributed by atoms with E-state index in [1.54, 1.807) is 30.3 Å². The van der Waals surface area contributed by atoms with Gasteiger partial charge in [-0.05, 0) is 17.7 Å². The zero-order chi connectivity index (χ0) is 14.9. The lowest BCUT2D eigenvalue weighted by atomic mass is 10.2. The fourth-order valence-electron chi connectivity index (χ4n) is 1.75. The number of esters is 1. The van der Waals surface area contributed by atoms with E-state index >= 15 is 0 Å². The van der Waals surface area contributed by atoms with Crippen molar-refractivity contribution in [3.05, 3.63) is 77.9 Å².